The summed E-state index contributed by atoms with van der Waals surface area (Å²) in [5.41, 5.74) is 2.92. The molecule has 1 heterocycles. The molecule has 0 atom stereocenters. The van der Waals surface area contributed by atoms with Crippen LogP contribution in [-0.2, 0) is 31.1 Å². The third kappa shape index (κ3) is 3.73. The van der Waals surface area contributed by atoms with E-state index in [1.807, 2.05) is 31.3 Å². The van der Waals surface area contributed by atoms with Crippen LogP contribution in [0.4, 0.5) is 0 Å². The molecule has 1 aromatic heterocycles. The van der Waals surface area contributed by atoms with Crippen molar-refractivity contribution in [1.82, 2.24) is 9.78 Å². The van der Waals surface area contributed by atoms with Crippen LogP contribution in [0.3, 0.4) is 0 Å². The molecule has 0 aliphatic rings. The van der Waals surface area contributed by atoms with Crippen LogP contribution in [0.25, 0.3) is 0 Å². The average Bonchev–Trinajstić information content (AvgIpc) is 2.75. The predicted molar refractivity (Wildman–Crippen MR) is 85.7 cm³/mol. The van der Waals surface area contributed by atoms with E-state index in [9.17, 15) is 4.79 Å². The standard InChI is InChI=1S/C16H19BrN2O2/c1-4-14-16(17)15(19(2)18-14)10-12(20)9-11-5-7-13(21-3)8-6-11/h5-8H,4,9-10H2,1-3H3. The van der Waals surface area contributed by atoms with Gasteiger partial charge in [0.05, 0.1) is 23.0 Å². The molecular weight excluding hydrogens is 332 g/mol. The Labute approximate surface area is 133 Å². The second-order valence-electron chi connectivity index (χ2n) is 4.92. The molecule has 2 aromatic rings. The minimum Gasteiger partial charge on any atom is -0.497 e. The Balaban J connectivity index is 2.06. The highest BCUT2D eigenvalue weighted by molar-refractivity contribution is 9.10. The van der Waals surface area contributed by atoms with Crippen LogP contribution in [0.2, 0.25) is 0 Å². The smallest absolute Gasteiger partial charge is 0.143 e. The van der Waals surface area contributed by atoms with Crippen LogP contribution in [0.5, 0.6) is 5.75 Å². The van der Waals surface area contributed by atoms with Crippen molar-refractivity contribution in [3.8, 4) is 5.75 Å². The summed E-state index contributed by atoms with van der Waals surface area (Å²) in [6.07, 6.45) is 1.65. The molecule has 0 aliphatic heterocycles. The Bertz CT molecular complexity index is 632. The largest absolute Gasteiger partial charge is 0.497 e. The summed E-state index contributed by atoms with van der Waals surface area (Å²) >= 11 is 3.54. The second kappa shape index (κ2) is 6.89. The number of ketones is 1. The lowest BCUT2D eigenvalue weighted by molar-refractivity contribution is -0.117. The van der Waals surface area contributed by atoms with Crippen molar-refractivity contribution in [2.75, 3.05) is 7.11 Å². The molecule has 112 valence electrons. The van der Waals surface area contributed by atoms with Gasteiger partial charge in [-0.25, -0.2) is 0 Å². The number of methoxy groups -OCH3 is 1. The molecule has 0 unspecified atom stereocenters. The lowest BCUT2D eigenvalue weighted by Crippen LogP contribution is -2.10. The second-order valence-corrected chi connectivity index (χ2v) is 5.72. The summed E-state index contributed by atoms with van der Waals surface area (Å²) in [5.74, 6) is 0.972. The van der Waals surface area contributed by atoms with E-state index in [1.54, 1.807) is 11.8 Å². The maximum atomic E-state index is 12.2. The van der Waals surface area contributed by atoms with Crippen LogP contribution in [-0.4, -0.2) is 22.7 Å². The molecular formula is C16H19BrN2O2. The van der Waals surface area contributed by atoms with Gasteiger partial charge in [0.15, 0.2) is 0 Å². The SMILES string of the molecule is CCc1nn(C)c(CC(=O)Cc2ccc(OC)cc2)c1Br. The summed E-state index contributed by atoms with van der Waals surface area (Å²) < 4.78 is 7.85. The number of carbonyl (C=O) groups is 1. The van der Waals surface area contributed by atoms with Crippen molar-refractivity contribution in [3.63, 3.8) is 0 Å². The fraction of sp³-hybridized carbons (Fsp3) is 0.375. The molecule has 0 fully saturated rings. The van der Waals surface area contributed by atoms with Crippen molar-refractivity contribution >= 4 is 21.7 Å². The van der Waals surface area contributed by atoms with E-state index in [4.69, 9.17) is 4.74 Å². The number of halogens is 1. The fourth-order valence-corrected chi connectivity index (χ4v) is 2.99. The fourth-order valence-electron chi connectivity index (χ4n) is 2.23. The average molecular weight is 351 g/mol. The van der Waals surface area contributed by atoms with Crippen molar-refractivity contribution in [1.29, 1.82) is 0 Å². The van der Waals surface area contributed by atoms with E-state index < -0.39 is 0 Å². The minimum atomic E-state index is 0.173. The summed E-state index contributed by atoms with van der Waals surface area (Å²) in [5, 5.41) is 4.41. The van der Waals surface area contributed by atoms with Gasteiger partial charge in [0.2, 0.25) is 0 Å². The first-order valence-corrected chi connectivity index (χ1v) is 7.69. The normalized spacial score (nSPS) is 10.7. The highest BCUT2D eigenvalue weighted by atomic mass is 79.9. The first-order valence-electron chi connectivity index (χ1n) is 6.90. The predicted octanol–water partition coefficient (Wildman–Crippen LogP) is 3.11. The third-order valence-electron chi connectivity index (χ3n) is 3.43. The van der Waals surface area contributed by atoms with Crippen molar-refractivity contribution in [2.45, 2.75) is 26.2 Å². The molecule has 0 radical (unpaired) electrons. The zero-order chi connectivity index (χ0) is 15.4. The van der Waals surface area contributed by atoms with Gasteiger partial charge in [-0.3, -0.25) is 9.48 Å². The van der Waals surface area contributed by atoms with E-state index in [-0.39, 0.29) is 5.78 Å². The molecule has 2 rings (SSSR count). The molecule has 0 spiro atoms. The van der Waals surface area contributed by atoms with Gasteiger partial charge in [-0.05, 0) is 40.0 Å². The quantitative estimate of drug-likeness (QED) is 0.803. The summed E-state index contributed by atoms with van der Waals surface area (Å²) in [7, 11) is 3.51. The number of hydrogen-bond acceptors (Lipinski definition) is 3. The van der Waals surface area contributed by atoms with E-state index in [1.165, 1.54) is 0 Å². The number of aromatic nitrogens is 2. The number of rotatable bonds is 6. The van der Waals surface area contributed by atoms with Gasteiger partial charge in [0, 0.05) is 19.9 Å². The van der Waals surface area contributed by atoms with Crippen molar-refractivity contribution in [3.05, 3.63) is 45.7 Å². The van der Waals surface area contributed by atoms with Crippen LogP contribution in [0.15, 0.2) is 28.7 Å². The van der Waals surface area contributed by atoms with Gasteiger partial charge < -0.3 is 4.74 Å². The highest BCUT2D eigenvalue weighted by Crippen LogP contribution is 2.22. The Morgan fingerprint density at radius 1 is 1.29 bits per heavy atom. The molecule has 0 saturated heterocycles. The Morgan fingerprint density at radius 3 is 2.48 bits per heavy atom. The van der Waals surface area contributed by atoms with Gasteiger partial charge in [-0.1, -0.05) is 19.1 Å². The number of carbonyl (C=O) groups excluding carboxylic acids is 1. The molecule has 4 nitrogen and oxygen atoms in total. The summed E-state index contributed by atoms with van der Waals surface area (Å²) in [6.45, 7) is 2.05. The van der Waals surface area contributed by atoms with Crippen LogP contribution < -0.4 is 4.74 Å². The first-order chi connectivity index (χ1) is 10.0. The van der Waals surface area contributed by atoms with Gasteiger partial charge >= 0.3 is 0 Å². The maximum Gasteiger partial charge on any atom is 0.143 e. The molecule has 0 saturated carbocycles. The Kier molecular flexibility index (Phi) is 5.17. The number of hydrogen-bond donors (Lipinski definition) is 0. The molecule has 0 amide bonds. The van der Waals surface area contributed by atoms with E-state index in [0.29, 0.717) is 12.8 Å². The number of benzene rings is 1. The van der Waals surface area contributed by atoms with Crippen LogP contribution >= 0.6 is 15.9 Å². The molecule has 0 bridgehead atoms. The van der Waals surface area contributed by atoms with Crippen LogP contribution in [0.1, 0.15) is 23.9 Å². The van der Waals surface area contributed by atoms with Gasteiger partial charge in [0.1, 0.15) is 11.5 Å². The van der Waals surface area contributed by atoms with Gasteiger partial charge in [-0.15, -0.1) is 0 Å². The third-order valence-corrected chi connectivity index (χ3v) is 4.34. The number of nitrogens with zero attached hydrogens (tertiary/aromatic N) is 2. The van der Waals surface area contributed by atoms with Gasteiger partial charge in [-0.2, -0.15) is 5.10 Å². The van der Waals surface area contributed by atoms with Gasteiger partial charge in [0.25, 0.3) is 0 Å². The van der Waals surface area contributed by atoms with Crippen molar-refractivity contribution in [2.24, 2.45) is 7.05 Å². The Hall–Kier alpha value is -1.62. The maximum absolute atomic E-state index is 12.2. The molecule has 5 heteroatoms. The Morgan fingerprint density at radius 2 is 1.95 bits per heavy atom. The lowest BCUT2D eigenvalue weighted by atomic mass is 10.1. The van der Waals surface area contributed by atoms with E-state index in [0.717, 1.165) is 33.6 Å². The van der Waals surface area contributed by atoms with E-state index >= 15 is 0 Å². The number of aryl methyl sites for hydroxylation is 2. The first kappa shape index (κ1) is 15.8. The highest BCUT2D eigenvalue weighted by Gasteiger charge is 2.16. The topological polar surface area (TPSA) is 44.1 Å². The number of ether oxygens (including phenoxy) is 1. The van der Waals surface area contributed by atoms with Crippen LogP contribution in [0, 0.1) is 0 Å². The lowest BCUT2D eigenvalue weighted by Gasteiger charge is -2.04. The summed E-state index contributed by atoms with van der Waals surface area (Å²) in [6, 6.07) is 7.59. The molecule has 21 heavy (non-hydrogen) atoms. The molecule has 0 aliphatic carbocycles. The minimum absolute atomic E-state index is 0.173. The van der Waals surface area contributed by atoms with E-state index in [2.05, 4.69) is 28.0 Å². The molecule has 0 N–H and O–H groups in total. The monoisotopic (exact) mass is 350 g/mol. The number of Topliss-reactive ketones (excluding diaryl/α,β-unsaturated/α-hetero) is 1. The summed E-state index contributed by atoms with van der Waals surface area (Å²) in [4.78, 5) is 12.2. The van der Waals surface area contributed by atoms with Crippen molar-refractivity contribution < 1.29 is 9.53 Å². The zero-order valence-corrected chi connectivity index (χ0v) is 14.1. The zero-order valence-electron chi connectivity index (χ0n) is 12.5. The molecule has 1 aromatic carbocycles.